The van der Waals surface area contributed by atoms with E-state index in [1.165, 1.54) is 49.3 Å². The van der Waals surface area contributed by atoms with Gasteiger partial charge in [-0.3, -0.25) is 4.99 Å². The zero-order chi connectivity index (χ0) is 18.1. The number of thioether (sulfide) groups is 1. The Balaban J connectivity index is 1.31. The fourth-order valence-electron chi connectivity index (χ4n) is 3.91. The molecule has 2 unspecified atom stereocenters. The number of allylic oxidation sites excluding steroid dienone is 1. The van der Waals surface area contributed by atoms with Gasteiger partial charge in [0.2, 0.25) is 0 Å². The quantitative estimate of drug-likeness (QED) is 0.655. The predicted octanol–water partition coefficient (Wildman–Crippen LogP) is 4.19. The third kappa shape index (κ3) is 4.05. The van der Waals surface area contributed by atoms with E-state index >= 15 is 0 Å². The first-order valence-corrected chi connectivity index (χ1v) is 11.8. The molecule has 1 saturated heterocycles. The van der Waals surface area contributed by atoms with Gasteiger partial charge in [0.1, 0.15) is 0 Å². The van der Waals surface area contributed by atoms with E-state index in [1.807, 2.05) is 0 Å². The fraction of sp³-hybridized carbons (Fsp3) is 0.550. The molecule has 3 aliphatic rings. The molecule has 4 heterocycles. The van der Waals surface area contributed by atoms with Crippen LogP contribution in [0.15, 0.2) is 39.4 Å². The number of hydrogen-bond donors (Lipinski definition) is 0. The summed E-state index contributed by atoms with van der Waals surface area (Å²) in [5.41, 5.74) is 1.20. The molecule has 2 aromatic heterocycles. The van der Waals surface area contributed by atoms with Crippen LogP contribution in [0.2, 0.25) is 0 Å². The normalized spacial score (nSPS) is 24.7. The van der Waals surface area contributed by atoms with E-state index in [1.54, 1.807) is 23.1 Å². The predicted molar refractivity (Wildman–Crippen MR) is 113 cm³/mol. The number of piperidine rings is 1. The average molecular weight is 400 g/mol. The van der Waals surface area contributed by atoms with Crippen molar-refractivity contribution in [2.24, 2.45) is 16.8 Å². The lowest BCUT2D eigenvalue weighted by atomic mass is 10.1. The largest absolute Gasteiger partial charge is 0.302 e. The van der Waals surface area contributed by atoms with Crippen LogP contribution in [0, 0.1) is 11.8 Å². The molecule has 0 bridgehead atoms. The van der Waals surface area contributed by atoms with Crippen molar-refractivity contribution >= 4 is 29.3 Å². The van der Waals surface area contributed by atoms with Crippen molar-refractivity contribution in [3.05, 3.63) is 29.3 Å². The first-order chi connectivity index (χ1) is 13.4. The Morgan fingerprint density at radius 1 is 1.11 bits per heavy atom. The van der Waals surface area contributed by atoms with Gasteiger partial charge in [-0.25, -0.2) is 0 Å². The second-order valence-electron chi connectivity index (χ2n) is 7.63. The van der Waals surface area contributed by atoms with Gasteiger partial charge in [-0.15, -0.1) is 21.5 Å². The van der Waals surface area contributed by atoms with E-state index in [-0.39, 0.29) is 0 Å². The molecule has 27 heavy (non-hydrogen) atoms. The molecule has 5 rings (SSSR count). The number of fused-ring (bicyclic) bond motifs is 1. The third-order valence-corrected chi connectivity index (χ3v) is 7.49. The molecule has 7 heteroatoms. The zero-order valence-electron chi connectivity index (χ0n) is 15.5. The smallest absolute Gasteiger partial charge is 0.191 e. The standard InChI is InChI=1S/C20H25N5S2/c1-2-6-24(7-3-1)8-9-25-19(18-5-4-10-26-18)22-23-20(25)27-14-17-12-15-11-16(15)13-21-17/h4-5,10,12-13,15-16H,1-3,6-9,11,14H2. The lowest BCUT2D eigenvalue weighted by molar-refractivity contribution is 0.219. The van der Waals surface area contributed by atoms with Gasteiger partial charge in [-0.1, -0.05) is 30.3 Å². The van der Waals surface area contributed by atoms with Crippen LogP contribution in [0.5, 0.6) is 0 Å². The number of hydrogen-bond acceptors (Lipinski definition) is 6. The monoisotopic (exact) mass is 399 g/mol. The number of nitrogens with zero attached hydrogens (tertiary/aromatic N) is 5. The molecule has 2 aliphatic heterocycles. The highest BCUT2D eigenvalue weighted by Gasteiger charge is 2.36. The van der Waals surface area contributed by atoms with Gasteiger partial charge in [0.25, 0.3) is 0 Å². The van der Waals surface area contributed by atoms with Gasteiger partial charge >= 0.3 is 0 Å². The first kappa shape index (κ1) is 17.6. The van der Waals surface area contributed by atoms with Gasteiger partial charge in [0, 0.05) is 36.7 Å². The van der Waals surface area contributed by atoms with Crippen molar-refractivity contribution < 1.29 is 0 Å². The Hall–Kier alpha value is -1.44. The SMILES string of the molecule is C1=NC(CSc2nnc(-c3cccs3)n2CCN2CCCCC2)=CC2CC12. The van der Waals surface area contributed by atoms with Crippen LogP contribution in [0.25, 0.3) is 10.7 Å². The number of aromatic nitrogens is 3. The lowest BCUT2D eigenvalue weighted by Gasteiger charge is -2.26. The Morgan fingerprint density at radius 2 is 2.04 bits per heavy atom. The van der Waals surface area contributed by atoms with Crippen LogP contribution in [0.3, 0.4) is 0 Å². The van der Waals surface area contributed by atoms with E-state index < -0.39 is 0 Å². The molecule has 0 aromatic carbocycles. The van der Waals surface area contributed by atoms with Crippen LogP contribution >= 0.6 is 23.1 Å². The summed E-state index contributed by atoms with van der Waals surface area (Å²) in [6.07, 6.45) is 9.81. The van der Waals surface area contributed by atoms with Crippen LogP contribution in [0.1, 0.15) is 25.7 Å². The molecular weight excluding hydrogens is 374 g/mol. The zero-order valence-corrected chi connectivity index (χ0v) is 17.1. The van der Waals surface area contributed by atoms with Gasteiger partial charge in [-0.05, 0) is 49.7 Å². The molecule has 0 N–H and O–H groups in total. The van der Waals surface area contributed by atoms with Crippen molar-refractivity contribution in [3.8, 4) is 10.7 Å². The molecule has 142 valence electrons. The topological polar surface area (TPSA) is 46.3 Å². The van der Waals surface area contributed by atoms with Crippen molar-refractivity contribution in [1.29, 1.82) is 0 Å². The molecule has 1 saturated carbocycles. The Kier molecular flexibility index (Phi) is 5.16. The number of thiophene rings is 1. The summed E-state index contributed by atoms with van der Waals surface area (Å²) >= 11 is 3.51. The van der Waals surface area contributed by atoms with E-state index in [9.17, 15) is 0 Å². The summed E-state index contributed by atoms with van der Waals surface area (Å²) in [7, 11) is 0. The summed E-state index contributed by atoms with van der Waals surface area (Å²) in [5.74, 6) is 3.36. The van der Waals surface area contributed by atoms with E-state index in [0.717, 1.165) is 41.7 Å². The summed E-state index contributed by atoms with van der Waals surface area (Å²) in [5, 5.41) is 12.2. The van der Waals surface area contributed by atoms with Gasteiger partial charge < -0.3 is 9.47 Å². The molecule has 5 nitrogen and oxygen atoms in total. The summed E-state index contributed by atoms with van der Waals surface area (Å²) in [4.78, 5) is 8.40. The fourth-order valence-corrected chi connectivity index (χ4v) is 5.51. The number of likely N-dealkylation sites (tertiary alicyclic amines) is 1. The van der Waals surface area contributed by atoms with Crippen LogP contribution < -0.4 is 0 Å². The van der Waals surface area contributed by atoms with Crippen LogP contribution in [-0.4, -0.2) is 51.3 Å². The highest BCUT2D eigenvalue weighted by molar-refractivity contribution is 7.99. The van der Waals surface area contributed by atoms with Gasteiger partial charge in [0.15, 0.2) is 11.0 Å². The van der Waals surface area contributed by atoms with Crippen LogP contribution in [-0.2, 0) is 6.54 Å². The van der Waals surface area contributed by atoms with E-state index in [4.69, 9.17) is 0 Å². The van der Waals surface area contributed by atoms with Crippen molar-refractivity contribution in [2.75, 3.05) is 25.4 Å². The third-order valence-electron chi connectivity index (χ3n) is 5.63. The molecular formula is C20H25N5S2. The maximum Gasteiger partial charge on any atom is 0.191 e. The molecule has 2 fully saturated rings. The Bertz CT molecular complexity index is 833. The highest BCUT2D eigenvalue weighted by Crippen LogP contribution is 2.42. The highest BCUT2D eigenvalue weighted by atomic mass is 32.2. The molecule has 0 spiro atoms. The molecule has 2 aromatic rings. The molecule has 0 amide bonds. The number of rotatable bonds is 7. The molecule has 2 atom stereocenters. The Labute approximate surface area is 168 Å². The van der Waals surface area contributed by atoms with Crippen molar-refractivity contribution in [3.63, 3.8) is 0 Å². The summed E-state index contributed by atoms with van der Waals surface area (Å²) in [6.45, 7) is 4.48. The minimum Gasteiger partial charge on any atom is -0.302 e. The van der Waals surface area contributed by atoms with Crippen molar-refractivity contribution in [1.82, 2.24) is 19.7 Å². The molecule has 0 radical (unpaired) electrons. The van der Waals surface area contributed by atoms with Gasteiger partial charge in [-0.2, -0.15) is 0 Å². The second-order valence-corrected chi connectivity index (χ2v) is 9.52. The van der Waals surface area contributed by atoms with E-state index in [0.29, 0.717) is 0 Å². The maximum atomic E-state index is 4.62. The lowest BCUT2D eigenvalue weighted by Crippen LogP contribution is -2.32. The molecule has 1 aliphatic carbocycles. The second kappa shape index (κ2) is 7.89. The van der Waals surface area contributed by atoms with Crippen molar-refractivity contribution in [2.45, 2.75) is 37.4 Å². The number of aliphatic imine (C=N–C) groups is 1. The maximum absolute atomic E-state index is 4.62. The summed E-state index contributed by atoms with van der Waals surface area (Å²) < 4.78 is 2.32. The minimum absolute atomic E-state index is 0.720. The summed E-state index contributed by atoms with van der Waals surface area (Å²) in [6, 6.07) is 4.23. The average Bonchev–Trinajstić information content (AvgIpc) is 3.09. The van der Waals surface area contributed by atoms with Crippen LogP contribution in [0.4, 0.5) is 0 Å². The minimum atomic E-state index is 0.720. The van der Waals surface area contributed by atoms with Gasteiger partial charge in [0.05, 0.1) is 4.88 Å². The first-order valence-electron chi connectivity index (χ1n) is 9.94. The Morgan fingerprint density at radius 3 is 2.85 bits per heavy atom. The van der Waals surface area contributed by atoms with E-state index in [2.05, 4.69) is 54.5 Å².